The van der Waals surface area contributed by atoms with E-state index in [1.165, 1.54) is 19.3 Å². The number of rotatable bonds is 5. The predicted octanol–water partition coefficient (Wildman–Crippen LogP) is 3.31. The van der Waals surface area contributed by atoms with Crippen molar-refractivity contribution in [3.8, 4) is 5.75 Å². The maximum atomic E-state index is 12.2. The third kappa shape index (κ3) is 4.23. The molecule has 0 aromatic heterocycles. The molecule has 4 heteroatoms. The molecule has 4 nitrogen and oxygen atoms in total. The monoisotopic (exact) mass is 303 g/mol. The van der Waals surface area contributed by atoms with Crippen LogP contribution < -0.4 is 10.1 Å². The van der Waals surface area contributed by atoms with Crippen molar-refractivity contribution in [2.75, 3.05) is 13.2 Å². The van der Waals surface area contributed by atoms with Gasteiger partial charge in [-0.2, -0.15) is 0 Å². The van der Waals surface area contributed by atoms with Gasteiger partial charge in [0.25, 0.3) is 5.91 Å². The van der Waals surface area contributed by atoms with E-state index in [4.69, 9.17) is 9.47 Å². The van der Waals surface area contributed by atoms with Crippen molar-refractivity contribution >= 4 is 5.91 Å². The minimum atomic E-state index is 0.0255. The van der Waals surface area contributed by atoms with Gasteiger partial charge in [-0.3, -0.25) is 4.79 Å². The zero-order valence-corrected chi connectivity index (χ0v) is 13.1. The van der Waals surface area contributed by atoms with Crippen LogP contribution in [0.1, 0.15) is 55.3 Å². The first-order chi connectivity index (χ1) is 10.8. The van der Waals surface area contributed by atoms with Crippen molar-refractivity contribution in [1.82, 2.24) is 5.32 Å². The third-order valence-electron chi connectivity index (χ3n) is 4.52. The van der Waals surface area contributed by atoms with Crippen molar-refractivity contribution < 1.29 is 14.3 Å². The van der Waals surface area contributed by atoms with Crippen molar-refractivity contribution in [2.24, 2.45) is 0 Å². The van der Waals surface area contributed by atoms with E-state index in [0.29, 0.717) is 18.2 Å². The Bertz CT molecular complexity index is 474. The highest BCUT2D eigenvalue weighted by atomic mass is 16.5. The fourth-order valence-electron chi connectivity index (χ4n) is 3.18. The van der Waals surface area contributed by atoms with Crippen LogP contribution in [-0.2, 0) is 4.74 Å². The van der Waals surface area contributed by atoms with Crippen LogP contribution in [-0.4, -0.2) is 31.3 Å². The van der Waals surface area contributed by atoms with Crippen LogP contribution in [0.4, 0.5) is 0 Å². The average molecular weight is 303 g/mol. The molecule has 1 aliphatic heterocycles. The molecule has 2 aliphatic rings. The summed E-state index contributed by atoms with van der Waals surface area (Å²) in [6.07, 6.45) is 8.36. The van der Waals surface area contributed by atoms with Crippen molar-refractivity contribution in [3.63, 3.8) is 0 Å². The summed E-state index contributed by atoms with van der Waals surface area (Å²) in [4.78, 5) is 12.2. The number of benzene rings is 1. The highest BCUT2D eigenvalue weighted by molar-refractivity contribution is 5.94. The van der Waals surface area contributed by atoms with E-state index in [1.54, 1.807) is 0 Å². The number of nitrogens with one attached hydrogen (secondary N) is 1. The van der Waals surface area contributed by atoms with Crippen LogP contribution in [0, 0.1) is 0 Å². The zero-order valence-electron chi connectivity index (χ0n) is 13.1. The van der Waals surface area contributed by atoms with Crippen LogP contribution in [0.2, 0.25) is 0 Å². The number of hydrogen-bond donors (Lipinski definition) is 1. The molecule has 120 valence electrons. The topological polar surface area (TPSA) is 47.6 Å². The maximum absolute atomic E-state index is 12.2. The summed E-state index contributed by atoms with van der Waals surface area (Å²) < 4.78 is 11.2. The molecule has 1 unspecified atom stereocenters. The highest BCUT2D eigenvalue weighted by Gasteiger charge is 2.17. The minimum Gasteiger partial charge on any atom is -0.491 e. The van der Waals surface area contributed by atoms with Gasteiger partial charge < -0.3 is 14.8 Å². The first-order valence-electron chi connectivity index (χ1n) is 8.46. The molecule has 1 aliphatic carbocycles. The van der Waals surface area contributed by atoms with E-state index in [-0.39, 0.29) is 12.0 Å². The van der Waals surface area contributed by atoms with E-state index in [2.05, 4.69) is 5.32 Å². The van der Waals surface area contributed by atoms with Gasteiger partial charge in [0, 0.05) is 18.2 Å². The Hall–Kier alpha value is -1.55. The summed E-state index contributed by atoms with van der Waals surface area (Å²) in [5.41, 5.74) is 0.704. The normalized spacial score (nSPS) is 22.5. The van der Waals surface area contributed by atoms with Gasteiger partial charge in [-0.25, -0.2) is 0 Å². The van der Waals surface area contributed by atoms with Crippen molar-refractivity contribution in [1.29, 1.82) is 0 Å². The molecule has 1 aromatic carbocycles. The van der Waals surface area contributed by atoms with E-state index < -0.39 is 0 Å². The summed E-state index contributed by atoms with van der Waals surface area (Å²) in [6, 6.07) is 7.75. The lowest BCUT2D eigenvalue weighted by atomic mass is 9.95. The van der Waals surface area contributed by atoms with Crippen LogP contribution >= 0.6 is 0 Å². The molecule has 1 atom stereocenters. The van der Waals surface area contributed by atoms with Crippen molar-refractivity contribution in [3.05, 3.63) is 29.8 Å². The maximum Gasteiger partial charge on any atom is 0.251 e. The second-order valence-electron chi connectivity index (χ2n) is 6.28. The van der Waals surface area contributed by atoms with Crippen LogP contribution in [0.5, 0.6) is 5.75 Å². The summed E-state index contributed by atoms with van der Waals surface area (Å²) in [6.45, 7) is 1.43. The van der Waals surface area contributed by atoms with Crippen LogP contribution in [0.25, 0.3) is 0 Å². The van der Waals surface area contributed by atoms with Crippen molar-refractivity contribution in [2.45, 2.75) is 57.1 Å². The lowest BCUT2D eigenvalue weighted by molar-refractivity contribution is 0.0679. The molecule has 0 spiro atoms. The summed E-state index contributed by atoms with van der Waals surface area (Å²) in [5.74, 6) is 0.822. The second-order valence-corrected chi connectivity index (χ2v) is 6.28. The van der Waals surface area contributed by atoms with Crippen LogP contribution in [0.15, 0.2) is 24.3 Å². The molecule has 1 heterocycles. The minimum absolute atomic E-state index is 0.0255. The van der Waals surface area contributed by atoms with Gasteiger partial charge in [-0.1, -0.05) is 19.3 Å². The first-order valence-corrected chi connectivity index (χ1v) is 8.46. The molecule has 1 aromatic rings. The third-order valence-corrected chi connectivity index (χ3v) is 4.52. The molecule has 1 saturated carbocycles. The Labute approximate surface area is 132 Å². The lowest BCUT2D eigenvalue weighted by Crippen LogP contribution is -2.36. The molecular weight excluding hydrogens is 278 g/mol. The van der Waals surface area contributed by atoms with Gasteiger partial charge in [-0.15, -0.1) is 0 Å². The van der Waals surface area contributed by atoms with E-state index in [0.717, 1.165) is 38.0 Å². The summed E-state index contributed by atoms with van der Waals surface area (Å²) >= 11 is 0. The predicted molar refractivity (Wildman–Crippen MR) is 85.3 cm³/mol. The fraction of sp³-hybridized carbons (Fsp3) is 0.611. The Kier molecular flexibility index (Phi) is 5.33. The molecule has 1 N–H and O–H groups in total. The fourth-order valence-corrected chi connectivity index (χ4v) is 3.18. The number of carbonyl (C=O) groups excluding carboxylic acids is 1. The number of hydrogen-bond acceptors (Lipinski definition) is 3. The summed E-state index contributed by atoms with van der Waals surface area (Å²) in [7, 11) is 0. The van der Waals surface area contributed by atoms with Crippen LogP contribution in [0.3, 0.4) is 0 Å². The molecule has 0 bridgehead atoms. The number of carbonyl (C=O) groups is 1. The number of ether oxygens (including phenoxy) is 2. The molecular formula is C18H25NO3. The molecule has 22 heavy (non-hydrogen) atoms. The van der Waals surface area contributed by atoms with Gasteiger partial charge in [-0.05, 0) is 49.9 Å². The molecule has 3 rings (SSSR count). The largest absolute Gasteiger partial charge is 0.491 e. The molecule has 0 radical (unpaired) electrons. The van der Waals surface area contributed by atoms with E-state index in [1.807, 2.05) is 24.3 Å². The quantitative estimate of drug-likeness (QED) is 0.908. The second kappa shape index (κ2) is 7.63. The highest BCUT2D eigenvalue weighted by Crippen LogP contribution is 2.19. The Morgan fingerprint density at radius 3 is 2.55 bits per heavy atom. The first kappa shape index (κ1) is 15.3. The molecule has 1 saturated heterocycles. The Morgan fingerprint density at radius 1 is 1.09 bits per heavy atom. The Morgan fingerprint density at radius 2 is 1.86 bits per heavy atom. The van der Waals surface area contributed by atoms with E-state index >= 15 is 0 Å². The van der Waals surface area contributed by atoms with Gasteiger partial charge in [0.2, 0.25) is 0 Å². The van der Waals surface area contributed by atoms with E-state index in [9.17, 15) is 4.79 Å². The lowest BCUT2D eigenvalue weighted by Gasteiger charge is -2.22. The Balaban J connectivity index is 1.48. The zero-order chi connectivity index (χ0) is 15.2. The number of amides is 1. The van der Waals surface area contributed by atoms with Gasteiger partial charge in [0.05, 0.1) is 6.10 Å². The molecule has 2 fully saturated rings. The standard InChI is InChI=1S/C18H25NO3/c20-18(19-15-5-2-1-3-6-15)14-8-10-16(11-9-14)22-13-17-7-4-12-21-17/h8-11,15,17H,1-7,12-13H2,(H,19,20). The SMILES string of the molecule is O=C(NC1CCCCC1)c1ccc(OCC2CCCO2)cc1. The van der Waals surface area contributed by atoms with Gasteiger partial charge in [0.1, 0.15) is 12.4 Å². The molecule has 1 amide bonds. The smallest absolute Gasteiger partial charge is 0.251 e. The van der Waals surface area contributed by atoms with Gasteiger partial charge >= 0.3 is 0 Å². The summed E-state index contributed by atoms with van der Waals surface area (Å²) in [5, 5.41) is 3.13. The average Bonchev–Trinajstić information content (AvgIpc) is 3.08. The van der Waals surface area contributed by atoms with Gasteiger partial charge in [0.15, 0.2) is 0 Å².